The molecule has 0 bridgehead atoms. The van der Waals surface area contributed by atoms with Crippen molar-refractivity contribution in [2.45, 2.75) is 18.9 Å². The number of fused-ring (bicyclic) bond motifs is 1. The molecule has 2 aromatic carbocycles. The van der Waals surface area contributed by atoms with Gasteiger partial charge < -0.3 is 4.90 Å². The number of aryl methyl sites for hydroxylation is 1. The fraction of sp³-hybridized carbons (Fsp3) is 0.238. The summed E-state index contributed by atoms with van der Waals surface area (Å²) in [5.41, 5.74) is 4.36. The lowest BCUT2D eigenvalue weighted by atomic mass is 9.86. The van der Waals surface area contributed by atoms with Gasteiger partial charge in [-0.3, -0.25) is 9.48 Å². The monoisotopic (exact) mass is 349 g/mol. The molecule has 1 aliphatic heterocycles. The molecule has 2 heterocycles. The summed E-state index contributed by atoms with van der Waals surface area (Å²) in [4.78, 5) is 14.7. The summed E-state index contributed by atoms with van der Waals surface area (Å²) in [7, 11) is 1.90. The van der Waals surface area contributed by atoms with Gasteiger partial charge in [0.2, 0.25) is 5.91 Å². The number of carbonyl (C=O) groups excluding carboxylic acids is 1. The van der Waals surface area contributed by atoms with Gasteiger partial charge in [0, 0.05) is 32.3 Å². The van der Waals surface area contributed by atoms with Crippen molar-refractivity contribution in [3.8, 4) is 0 Å². The van der Waals surface area contributed by atoms with Crippen molar-refractivity contribution >= 4 is 5.91 Å². The van der Waals surface area contributed by atoms with Crippen LogP contribution in [0.1, 0.15) is 28.2 Å². The van der Waals surface area contributed by atoms with Gasteiger partial charge in [0.25, 0.3) is 0 Å². The van der Waals surface area contributed by atoms with Gasteiger partial charge in [0.05, 0.1) is 12.6 Å². The maximum atomic E-state index is 13.1. The largest absolute Gasteiger partial charge is 0.337 e. The Bertz CT molecular complexity index is 932. The molecule has 0 spiro atoms. The number of carbonyl (C=O) groups is 1. The lowest BCUT2D eigenvalue weighted by Gasteiger charge is -2.34. The molecule has 0 fully saturated rings. The lowest BCUT2D eigenvalue weighted by molar-refractivity contribution is -0.131. The average Bonchev–Trinajstić information content (AvgIpc) is 3.09. The Balaban J connectivity index is 1.60. The standard InChI is InChI=1S/C21H20FN3O/c1-24-12-17(11-23-24)20-14-25(13-16-4-2-3-5-19(16)20)21(26)10-15-6-8-18(22)9-7-15/h2-9,11-12,20H,10,13-14H2,1H3/t20-/m1/s1. The van der Waals surface area contributed by atoms with E-state index in [1.54, 1.807) is 16.8 Å². The van der Waals surface area contributed by atoms with Crippen LogP contribution in [0.2, 0.25) is 0 Å². The molecule has 0 saturated heterocycles. The van der Waals surface area contributed by atoms with Gasteiger partial charge in [-0.2, -0.15) is 5.10 Å². The molecule has 0 aliphatic carbocycles. The number of nitrogens with zero attached hydrogens (tertiary/aromatic N) is 3. The first-order valence-corrected chi connectivity index (χ1v) is 8.69. The molecule has 3 aromatic rings. The maximum absolute atomic E-state index is 13.1. The second kappa shape index (κ2) is 6.75. The van der Waals surface area contributed by atoms with Crippen LogP contribution >= 0.6 is 0 Å². The van der Waals surface area contributed by atoms with Gasteiger partial charge in [-0.05, 0) is 34.4 Å². The zero-order chi connectivity index (χ0) is 18.1. The van der Waals surface area contributed by atoms with Gasteiger partial charge in [-0.15, -0.1) is 0 Å². The second-order valence-electron chi connectivity index (χ2n) is 6.78. The van der Waals surface area contributed by atoms with Crippen LogP contribution in [0.3, 0.4) is 0 Å². The highest BCUT2D eigenvalue weighted by atomic mass is 19.1. The molecule has 4 nitrogen and oxygen atoms in total. The van der Waals surface area contributed by atoms with Crippen LogP contribution in [0.4, 0.5) is 4.39 Å². The predicted octanol–water partition coefficient (Wildman–Crippen LogP) is 3.28. The molecule has 26 heavy (non-hydrogen) atoms. The van der Waals surface area contributed by atoms with E-state index in [2.05, 4.69) is 17.2 Å². The highest BCUT2D eigenvalue weighted by Crippen LogP contribution is 2.33. The molecule has 5 heteroatoms. The average molecular weight is 349 g/mol. The second-order valence-corrected chi connectivity index (χ2v) is 6.78. The molecule has 0 unspecified atom stereocenters. The Morgan fingerprint density at radius 3 is 2.69 bits per heavy atom. The van der Waals surface area contributed by atoms with Crippen molar-refractivity contribution in [2.75, 3.05) is 6.54 Å². The molecule has 1 amide bonds. The van der Waals surface area contributed by atoms with Gasteiger partial charge in [0.1, 0.15) is 5.82 Å². The Hall–Kier alpha value is -2.95. The third kappa shape index (κ3) is 3.25. The Morgan fingerprint density at radius 2 is 1.96 bits per heavy atom. The number of aromatic nitrogens is 2. The van der Waals surface area contributed by atoms with Crippen LogP contribution in [-0.2, 0) is 24.8 Å². The lowest BCUT2D eigenvalue weighted by Crippen LogP contribution is -2.39. The number of rotatable bonds is 3. The van der Waals surface area contributed by atoms with Crippen LogP contribution in [0.15, 0.2) is 60.9 Å². The fourth-order valence-electron chi connectivity index (χ4n) is 3.59. The Labute approximate surface area is 151 Å². The summed E-state index contributed by atoms with van der Waals surface area (Å²) in [5, 5.41) is 4.29. The number of benzene rings is 2. The van der Waals surface area contributed by atoms with E-state index in [0.717, 1.165) is 11.1 Å². The predicted molar refractivity (Wildman–Crippen MR) is 97.0 cm³/mol. The number of amides is 1. The SMILES string of the molecule is Cn1cc([C@H]2CN(C(=O)Cc3ccc(F)cc3)Cc3ccccc32)cn1. The van der Waals surface area contributed by atoms with Crippen molar-refractivity contribution < 1.29 is 9.18 Å². The first kappa shape index (κ1) is 16.5. The van der Waals surface area contributed by atoms with E-state index in [0.29, 0.717) is 13.1 Å². The minimum absolute atomic E-state index is 0.0556. The number of halogens is 1. The van der Waals surface area contributed by atoms with Crippen LogP contribution in [0.5, 0.6) is 0 Å². The summed E-state index contributed by atoms with van der Waals surface area (Å²) in [6, 6.07) is 14.4. The van der Waals surface area contributed by atoms with Crippen LogP contribution in [0, 0.1) is 5.82 Å². The van der Waals surface area contributed by atoms with E-state index in [4.69, 9.17) is 0 Å². The van der Waals surface area contributed by atoms with E-state index in [1.807, 2.05) is 36.5 Å². The summed E-state index contributed by atoms with van der Waals surface area (Å²) in [5.74, 6) is -0.115. The van der Waals surface area contributed by atoms with E-state index >= 15 is 0 Å². The van der Waals surface area contributed by atoms with E-state index in [-0.39, 0.29) is 24.1 Å². The Kier molecular flexibility index (Phi) is 4.29. The van der Waals surface area contributed by atoms with Crippen LogP contribution in [-0.4, -0.2) is 27.1 Å². The molecule has 132 valence electrons. The quantitative estimate of drug-likeness (QED) is 0.728. The number of hydrogen-bond acceptors (Lipinski definition) is 2. The van der Waals surface area contributed by atoms with Crippen molar-refractivity contribution in [1.29, 1.82) is 0 Å². The van der Waals surface area contributed by atoms with Crippen LogP contribution < -0.4 is 0 Å². The highest BCUT2D eigenvalue weighted by Gasteiger charge is 2.29. The minimum atomic E-state index is -0.287. The topological polar surface area (TPSA) is 38.1 Å². The molecule has 0 saturated carbocycles. The zero-order valence-electron chi connectivity index (χ0n) is 14.6. The van der Waals surface area contributed by atoms with E-state index in [9.17, 15) is 9.18 Å². The zero-order valence-corrected chi connectivity index (χ0v) is 14.6. The molecule has 1 aromatic heterocycles. The molecular weight excluding hydrogens is 329 g/mol. The number of hydrogen-bond donors (Lipinski definition) is 0. The van der Waals surface area contributed by atoms with Gasteiger partial charge in [-0.1, -0.05) is 36.4 Å². The molecule has 1 atom stereocenters. The Morgan fingerprint density at radius 1 is 1.19 bits per heavy atom. The summed E-state index contributed by atoms with van der Waals surface area (Å²) >= 11 is 0. The van der Waals surface area contributed by atoms with Gasteiger partial charge in [-0.25, -0.2) is 4.39 Å². The summed E-state index contributed by atoms with van der Waals surface area (Å²) in [6.07, 6.45) is 4.16. The molecule has 4 rings (SSSR count). The molecule has 0 radical (unpaired) electrons. The first-order valence-electron chi connectivity index (χ1n) is 8.69. The summed E-state index contributed by atoms with van der Waals surface area (Å²) in [6.45, 7) is 1.23. The van der Waals surface area contributed by atoms with Crippen molar-refractivity contribution in [3.63, 3.8) is 0 Å². The van der Waals surface area contributed by atoms with Crippen LogP contribution in [0.25, 0.3) is 0 Å². The molecule has 0 N–H and O–H groups in total. The first-order chi connectivity index (χ1) is 12.6. The smallest absolute Gasteiger partial charge is 0.227 e. The molecular formula is C21H20FN3O. The normalized spacial score (nSPS) is 16.4. The third-order valence-corrected chi connectivity index (χ3v) is 4.94. The summed E-state index contributed by atoms with van der Waals surface area (Å²) < 4.78 is 14.9. The molecule has 1 aliphatic rings. The minimum Gasteiger partial charge on any atom is -0.337 e. The van der Waals surface area contributed by atoms with Gasteiger partial charge in [0.15, 0.2) is 0 Å². The van der Waals surface area contributed by atoms with Crippen molar-refractivity contribution in [3.05, 3.63) is 89.0 Å². The van der Waals surface area contributed by atoms with Crippen molar-refractivity contribution in [2.24, 2.45) is 7.05 Å². The van der Waals surface area contributed by atoms with E-state index < -0.39 is 0 Å². The fourth-order valence-corrected chi connectivity index (χ4v) is 3.59. The van der Waals surface area contributed by atoms with Crippen molar-refractivity contribution in [1.82, 2.24) is 14.7 Å². The maximum Gasteiger partial charge on any atom is 0.227 e. The van der Waals surface area contributed by atoms with Gasteiger partial charge >= 0.3 is 0 Å². The third-order valence-electron chi connectivity index (χ3n) is 4.94. The highest BCUT2D eigenvalue weighted by molar-refractivity contribution is 5.79. The van der Waals surface area contributed by atoms with E-state index in [1.165, 1.54) is 23.3 Å².